The van der Waals surface area contributed by atoms with Crippen LogP contribution in [0.1, 0.15) is 118 Å². The van der Waals surface area contributed by atoms with Crippen molar-refractivity contribution < 1.29 is 39.3 Å². The first-order valence-corrected chi connectivity index (χ1v) is 21.1. The zero-order chi connectivity index (χ0) is 45.0. The number of hydrogen-bond donors (Lipinski definition) is 10. The normalized spacial score (nSPS) is 16.2. The summed E-state index contributed by atoms with van der Waals surface area (Å²) in [7, 11) is 0. The van der Waals surface area contributed by atoms with Crippen molar-refractivity contribution in [3.63, 3.8) is 0 Å². The molecule has 0 bridgehead atoms. The lowest BCUT2D eigenvalue weighted by Gasteiger charge is -2.30. The molecule has 4 atom stereocenters. The Morgan fingerprint density at radius 2 is 1.35 bits per heavy atom. The monoisotopic (exact) mass is 842 g/mol. The number of aliphatic hydroxyl groups is 1. The smallest absolute Gasteiger partial charge is 0.326 e. The fourth-order valence-corrected chi connectivity index (χ4v) is 6.86. The number of aromatic hydroxyl groups is 1. The van der Waals surface area contributed by atoms with E-state index >= 15 is 0 Å². The Labute approximate surface area is 354 Å². The molecule has 0 saturated carbocycles. The number of carboxylic acids is 1. The number of unbranched alkanes of at least 4 members (excludes halogenated alkanes) is 2. The van der Waals surface area contributed by atoms with Crippen molar-refractivity contribution in [2.24, 2.45) is 38.5 Å². The Morgan fingerprint density at radius 1 is 0.767 bits per heavy atom. The number of guanidine groups is 1. The van der Waals surface area contributed by atoms with Crippen LogP contribution in [0.2, 0.25) is 0 Å². The third-order valence-corrected chi connectivity index (χ3v) is 9.98. The number of rotatable bonds is 27. The molecule has 1 aliphatic rings. The van der Waals surface area contributed by atoms with Gasteiger partial charge in [-0.2, -0.15) is 0 Å². The van der Waals surface area contributed by atoms with Gasteiger partial charge in [-0.25, -0.2) is 4.79 Å². The minimum atomic E-state index is -1.27. The molecule has 0 saturated heterocycles. The highest BCUT2D eigenvalue weighted by molar-refractivity contribution is 6.23. The highest BCUT2D eigenvalue weighted by Crippen LogP contribution is 2.37. The number of nitrogens with two attached hydrogens (primary N) is 3. The Kier molecular flexibility index (Phi) is 21.8. The molecular weight excluding hydrogens is 771 g/mol. The molecule has 13 N–H and O–H groups in total. The molecule has 17 heteroatoms. The van der Waals surface area contributed by atoms with Crippen LogP contribution < -0.4 is 38.5 Å². The number of phenolic OH excluding ortho intramolecular Hbond substituents is 1. The summed E-state index contributed by atoms with van der Waals surface area (Å²) in [6.45, 7) is 13.2. The summed E-state index contributed by atoms with van der Waals surface area (Å²) in [4.78, 5) is 74.8. The van der Waals surface area contributed by atoms with E-state index in [1.165, 1.54) is 12.1 Å². The van der Waals surface area contributed by atoms with Crippen LogP contribution in [0.5, 0.6) is 5.75 Å². The molecule has 0 fully saturated rings. The number of benzene rings is 1. The first-order valence-electron chi connectivity index (χ1n) is 21.1. The molecule has 0 aromatic heterocycles. The second kappa shape index (κ2) is 25.6. The van der Waals surface area contributed by atoms with Crippen molar-refractivity contribution in [2.45, 2.75) is 149 Å². The largest absolute Gasteiger partial charge is 0.511 e. The summed E-state index contributed by atoms with van der Waals surface area (Å²) in [5.41, 5.74) is 18.3. The van der Waals surface area contributed by atoms with Crippen LogP contribution in [0.15, 0.2) is 45.6 Å². The van der Waals surface area contributed by atoms with Crippen LogP contribution in [-0.4, -0.2) is 106 Å². The molecule has 1 aromatic rings. The van der Waals surface area contributed by atoms with Crippen molar-refractivity contribution >= 4 is 41.1 Å². The van der Waals surface area contributed by atoms with E-state index in [0.29, 0.717) is 74.9 Å². The molecule has 60 heavy (non-hydrogen) atoms. The minimum Gasteiger partial charge on any atom is -0.511 e. The summed E-state index contributed by atoms with van der Waals surface area (Å²) in [5.74, 6) is -3.15. The van der Waals surface area contributed by atoms with Crippen molar-refractivity contribution in [3.8, 4) is 5.75 Å². The van der Waals surface area contributed by atoms with Gasteiger partial charge in [-0.1, -0.05) is 53.7 Å². The quantitative estimate of drug-likeness (QED) is 0.0348. The van der Waals surface area contributed by atoms with Gasteiger partial charge in [-0.05, 0) is 93.4 Å². The Hall–Kier alpha value is -5.03. The SMILES string of the molecule is CC(C)CC(=NCCCC[C@H](N)C(=O)N[C@@H](Cc1ccc(O)cc1)C(=O)N[C@@H](CCCCNC(C)C)C(=O)N[C@H](CCCN=C(N)N)C(=O)O)C1=C(O)CC(C)(C)CC1=O. The van der Waals surface area contributed by atoms with Gasteiger partial charge < -0.3 is 53.8 Å². The van der Waals surface area contributed by atoms with Crippen LogP contribution >= 0.6 is 0 Å². The van der Waals surface area contributed by atoms with Crippen LogP contribution in [0.3, 0.4) is 0 Å². The number of aliphatic carboxylic acids is 1. The van der Waals surface area contributed by atoms with Gasteiger partial charge >= 0.3 is 5.97 Å². The van der Waals surface area contributed by atoms with Crippen LogP contribution in [0.4, 0.5) is 0 Å². The topological polar surface area (TPSA) is 297 Å². The van der Waals surface area contributed by atoms with Gasteiger partial charge in [0.25, 0.3) is 0 Å². The number of Topliss-reactive ketones (excluding diaryl/α,β-unsaturated/α-hetero) is 1. The van der Waals surface area contributed by atoms with E-state index in [1.54, 1.807) is 12.1 Å². The third-order valence-electron chi connectivity index (χ3n) is 9.98. The van der Waals surface area contributed by atoms with Crippen LogP contribution in [0.25, 0.3) is 0 Å². The summed E-state index contributed by atoms with van der Waals surface area (Å²) in [6.07, 6.45) is 4.34. The summed E-state index contributed by atoms with van der Waals surface area (Å²) in [5, 5.41) is 41.8. The van der Waals surface area contributed by atoms with Gasteiger partial charge in [0.1, 0.15) is 29.6 Å². The summed E-state index contributed by atoms with van der Waals surface area (Å²) in [6, 6.07) is 1.82. The van der Waals surface area contributed by atoms with Crippen molar-refractivity contribution in [2.75, 3.05) is 19.6 Å². The van der Waals surface area contributed by atoms with Gasteiger partial charge in [-0.15, -0.1) is 0 Å². The molecule has 2 rings (SSSR count). The number of aliphatic hydroxyl groups excluding tert-OH is 1. The number of amides is 3. The van der Waals surface area contributed by atoms with Gasteiger partial charge in [0, 0.05) is 44.1 Å². The van der Waals surface area contributed by atoms with Crippen LogP contribution in [-0.2, 0) is 30.4 Å². The standard InChI is InChI=1S/C43H71N9O8/c1-26(2)22-33(37-35(54)24-43(5,6)25-36(37)55)48-20-9-7-12-30(44)38(56)52-34(23-28-15-17-29(53)18-16-28)40(58)50-31(13-8-10-19-47-27(3)4)39(57)51-32(41(59)60)14-11-21-49-42(45)46/h15-18,26-27,30-32,34,47,53-54H,7-14,19-25,44H2,1-6H3,(H,50,58)(H,51,57)(H,52,56)(H,59,60)(H4,45,46,49)/t30-,31-,32+,34-/m0/s1. The first-order chi connectivity index (χ1) is 28.2. The highest BCUT2D eigenvalue weighted by Gasteiger charge is 2.35. The predicted octanol–water partition coefficient (Wildman–Crippen LogP) is 2.88. The number of carboxylic acid groups (broad SMARTS) is 1. The lowest BCUT2D eigenvalue weighted by molar-refractivity contribution is -0.142. The molecule has 17 nitrogen and oxygen atoms in total. The fourth-order valence-electron chi connectivity index (χ4n) is 6.86. The second-order valence-electron chi connectivity index (χ2n) is 17.2. The molecule has 0 spiro atoms. The molecule has 3 amide bonds. The Balaban J connectivity index is 2.20. The average molecular weight is 842 g/mol. The third kappa shape index (κ3) is 19.4. The molecule has 1 aliphatic carbocycles. The Bertz CT molecular complexity index is 1670. The first kappa shape index (κ1) is 51.1. The lowest BCUT2D eigenvalue weighted by Crippen LogP contribution is -2.57. The molecule has 0 aliphatic heterocycles. The van der Waals surface area contributed by atoms with E-state index in [1.807, 2.05) is 41.5 Å². The molecular formula is C43H71N9O8. The number of ketones is 1. The van der Waals surface area contributed by atoms with Gasteiger partial charge in [0.15, 0.2) is 11.7 Å². The van der Waals surface area contributed by atoms with E-state index in [9.17, 15) is 39.3 Å². The molecule has 336 valence electrons. The molecule has 1 aromatic carbocycles. The average Bonchev–Trinajstić information content (AvgIpc) is 3.14. The van der Waals surface area contributed by atoms with E-state index < -0.39 is 47.9 Å². The molecule has 0 heterocycles. The van der Waals surface area contributed by atoms with E-state index in [0.717, 1.165) is 0 Å². The van der Waals surface area contributed by atoms with E-state index in [4.69, 9.17) is 22.2 Å². The molecule has 0 radical (unpaired) electrons. The van der Waals surface area contributed by atoms with E-state index in [-0.39, 0.29) is 79.3 Å². The number of aliphatic imine (C=N–C) groups is 2. The Morgan fingerprint density at radius 3 is 1.95 bits per heavy atom. The van der Waals surface area contributed by atoms with Gasteiger partial charge in [0.05, 0.1) is 11.6 Å². The second-order valence-corrected chi connectivity index (χ2v) is 17.2. The summed E-state index contributed by atoms with van der Waals surface area (Å²) >= 11 is 0. The van der Waals surface area contributed by atoms with Gasteiger partial charge in [-0.3, -0.25) is 29.2 Å². The zero-order valence-corrected chi connectivity index (χ0v) is 36.4. The minimum absolute atomic E-state index is 0.00566. The van der Waals surface area contributed by atoms with E-state index in [2.05, 4.69) is 26.3 Å². The number of carbonyl (C=O) groups is 5. The number of carbonyl (C=O) groups excluding carboxylic acids is 4. The maximum absolute atomic E-state index is 14.0. The maximum atomic E-state index is 14.0. The molecule has 0 unspecified atom stereocenters. The zero-order valence-electron chi connectivity index (χ0n) is 36.4. The number of nitrogens with one attached hydrogen (secondary N) is 4. The number of phenols is 1. The fraction of sp³-hybridized carbons (Fsp3) is 0.651. The highest BCUT2D eigenvalue weighted by atomic mass is 16.4. The number of nitrogens with zero attached hydrogens (tertiary/aromatic N) is 2. The van der Waals surface area contributed by atoms with Crippen LogP contribution in [0, 0.1) is 11.3 Å². The van der Waals surface area contributed by atoms with Crippen molar-refractivity contribution in [1.29, 1.82) is 0 Å². The number of allylic oxidation sites excluding steroid dienone is 2. The van der Waals surface area contributed by atoms with Crippen molar-refractivity contribution in [1.82, 2.24) is 21.3 Å². The predicted molar refractivity (Wildman–Crippen MR) is 233 cm³/mol. The lowest BCUT2D eigenvalue weighted by atomic mass is 9.75. The van der Waals surface area contributed by atoms with Gasteiger partial charge in [0.2, 0.25) is 17.7 Å². The van der Waals surface area contributed by atoms with Crippen molar-refractivity contribution in [3.05, 3.63) is 41.2 Å². The maximum Gasteiger partial charge on any atom is 0.326 e. The number of hydrogen-bond acceptors (Lipinski definition) is 11. The summed E-state index contributed by atoms with van der Waals surface area (Å²) < 4.78 is 0.